The van der Waals surface area contributed by atoms with Crippen molar-refractivity contribution >= 4 is 18.0 Å². The first kappa shape index (κ1) is 23.5. The van der Waals surface area contributed by atoms with Gasteiger partial charge in [-0.2, -0.15) is 0 Å². The molecule has 0 aromatic heterocycles. The Morgan fingerprint density at radius 3 is 2.04 bits per heavy atom. The summed E-state index contributed by atoms with van der Waals surface area (Å²) in [5.41, 5.74) is -0.408. The largest absolute Gasteiger partial charge is 0.481 e. The van der Waals surface area contributed by atoms with Gasteiger partial charge in [0.15, 0.2) is 0 Å². The van der Waals surface area contributed by atoms with Crippen LogP contribution in [0.25, 0.3) is 0 Å². The van der Waals surface area contributed by atoms with Gasteiger partial charge in [-0.05, 0) is 31.2 Å². The number of alkyl carbamates (subject to hydrolysis) is 1. The fourth-order valence-corrected chi connectivity index (χ4v) is 3.08. The Labute approximate surface area is 166 Å². The van der Waals surface area contributed by atoms with E-state index < -0.39 is 29.6 Å². The van der Waals surface area contributed by atoms with Crippen LogP contribution < -0.4 is 10.6 Å². The minimum atomic E-state index is -1.11. The number of amides is 2. The first-order valence-electron chi connectivity index (χ1n) is 9.56. The van der Waals surface area contributed by atoms with Crippen LogP contribution >= 0.6 is 0 Å². The van der Waals surface area contributed by atoms with Crippen molar-refractivity contribution in [1.82, 2.24) is 10.6 Å². The average molecular weight is 392 g/mol. The zero-order valence-electron chi connectivity index (χ0n) is 17.5. The monoisotopic (exact) mass is 392 g/mol. The molecule has 1 rings (SSSR count). The number of benzene rings is 1. The lowest BCUT2D eigenvalue weighted by Crippen LogP contribution is -2.58. The average Bonchev–Trinajstić information content (AvgIpc) is 2.58. The van der Waals surface area contributed by atoms with Crippen molar-refractivity contribution in [3.8, 4) is 0 Å². The van der Waals surface area contributed by atoms with Gasteiger partial charge >= 0.3 is 12.1 Å². The SMILES string of the molecule is CC(C)OC(=O)N[C@H](C(=O)N[C@](CC(=O)O)(c1ccccc1)C(C)C)C(C)C. The summed E-state index contributed by atoms with van der Waals surface area (Å²) in [6.45, 7) is 10.8. The second kappa shape index (κ2) is 10.1. The standard InChI is InChI=1S/C21H32N2O5/c1-13(2)18(22-20(27)28-15(5)6)19(26)23-21(14(3)4,12-17(24)25)16-10-8-7-9-11-16/h7-11,13-15,18H,12H2,1-6H3,(H,22,27)(H,23,26)(H,24,25)/t18-,21-/m0/s1. The smallest absolute Gasteiger partial charge is 0.408 e. The molecule has 0 aliphatic heterocycles. The molecule has 0 aliphatic rings. The first-order valence-corrected chi connectivity index (χ1v) is 9.56. The second-order valence-corrected chi connectivity index (χ2v) is 7.87. The molecule has 0 saturated carbocycles. The van der Waals surface area contributed by atoms with Crippen molar-refractivity contribution in [3.63, 3.8) is 0 Å². The van der Waals surface area contributed by atoms with Crippen molar-refractivity contribution in [1.29, 1.82) is 0 Å². The highest BCUT2D eigenvalue weighted by atomic mass is 16.6. The van der Waals surface area contributed by atoms with E-state index in [-0.39, 0.29) is 24.4 Å². The van der Waals surface area contributed by atoms with Crippen molar-refractivity contribution in [2.45, 2.75) is 65.6 Å². The van der Waals surface area contributed by atoms with E-state index in [2.05, 4.69) is 10.6 Å². The predicted octanol–water partition coefficient (Wildman–Crippen LogP) is 3.29. The minimum Gasteiger partial charge on any atom is -0.481 e. The molecule has 0 radical (unpaired) electrons. The van der Waals surface area contributed by atoms with E-state index in [0.29, 0.717) is 5.56 Å². The maximum atomic E-state index is 13.1. The Hall–Kier alpha value is -2.57. The maximum Gasteiger partial charge on any atom is 0.408 e. The summed E-state index contributed by atoms with van der Waals surface area (Å²) >= 11 is 0. The molecule has 0 unspecified atom stereocenters. The van der Waals surface area contributed by atoms with E-state index >= 15 is 0 Å². The zero-order valence-corrected chi connectivity index (χ0v) is 17.5. The van der Waals surface area contributed by atoms with Gasteiger partial charge in [0, 0.05) is 0 Å². The highest BCUT2D eigenvalue weighted by Gasteiger charge is 2.41. The molecule has 156 valence electrons. The molecule has 0 spiro atoms. The molecular weight excluding hydrogens is 360 g/mol. The number of nitrogens with one attached hydrogen (secondary N) is 2. The van der Waals surface area contributed by atoms with Crippen LogP contribution in [0.4, 0.5) is 4.79 Å². The van der Waals surface area contributed by atoms with Gasteiger partial charge in [0.25, 0.3) is 0 Å². The fraction of sp³-hybridized carbons (Fsp3) is 0.571. The van der Waals surface area contributed by atoms with E-state index in [1.54, 1.807) is 52.0 Å². The van der Waals surface area contributed by atoms with E-state index in [4.69, 9.17) is 4.74 Å². The Balaban J connectivity index is 3.22. The number of carboxylic acid groups (broad SMARTS) is 1. The van der Waals surface area contributed by atoms with Crippen molar-refractivity contribution in [2.24, 2.45) is 11.8 Å². The number of carboxylic acids is 1. The molecule has 1 aromatic rings. The molecule has 0 aliphatic carbocycles. The fourth-order valence-electron chi connectivity index (χ4n) is 3.08. The first-order chi connectivity index (χ1) is 13.0. The van der Waals surface area contributed by atoms with Gasteiger partial charge in [-0.1, -0.05) is 58.0 Å². The van der Waals surface area contributed by atoms with E-state index in [1.807, 2.05) is 19.9 Å². The van der Waals surface area contributed by atoms with Crippen LogP contribution in [0.3, 0.4) is 0 Å². The summed E-state index contributed by atoms with van der Waals surface area (Å²) in [6.07, 6.45) is -1.28. The van der Waals surface area contributed by atoms with E-state index in [0.717, 1.165) is 0 Å². The van der Waals surface area contributed by atoms with Gasteiger partial charge in [-0.15, -0.1) is 0 Å². The Morgan fingerprint density at radius 1 is 1.04 bits per heavy atom. The topological polar surface area (TPSA) is 105 Å². The summed E-state index contributed by atoms with van der Waals surface area (Å²) in [6, 6.07) is 8.18. The molecule has 28 heavy (non-hydrogen) atoms. The number of rotatable bonds is 9. The zero-order chi connectivity index (χ0) is 21.5. The van der Waals surface area contributed by atoms with Crippen LogP contribution in [0.1, 0.15) is 53.5 Å². The third kappa shape index (κ3) is 6.25. The predicted molar refractivity (Wildman–Crippen MR) is 107 cm³/mol. The van der Waals surface area contributed by atoms with E-state index in [1.165, 1.54) is 0 Å². The van der Waals surface area contributed by atoms with Crippen molar-refractivity contribution < 1.29 is 24.2 Å². The van der Waals surface area contributed by atoms with Crippen LogP contribution in [0.2, 0.25) is 0 Å². The molecule has 0 bridgehead atoms. The van der Waals surface area contributed by atoms with Gasteiger partial charge in [-0.3, -0.25) is 9.59 Å². The number of aliphatic carboxylic acids is 1. The highest BCUT2D eigenvalue weighted by molar-refractivity contribution is 5.87. The molecule has 0 saturated heterocycles. The molecule has 1 aromatic carbocycles. The number of carbonyl (C=O) groups excluding carboxylic acids is 2. The van der Waals surface area contributed by atoms with E-state index in [9.17, 15) is 19.5 Å². The lowest BCUT2D eigenvalue weighted by molar-refractivity contribution is -0.140. The Morgan fingerprint density at radius 2 is 1.61 bits per heavy atom. The van der Waals surface area contributed by atoms with Gasteiger partial charge in [0.1, 0.15) is 6.04 Å². The highest BCUT2D eigenvalue weighted by Crippen LogP contribution is 2.33. The van der Waals surface area contributed by atoms with Gasteiger partial charge < -0.3 is 20.5 Å². The normalized spacial score (nSPS) is 14.5. The molecule has 7 nitrogen and oxygen atoms in total. The van der Waals surface area contributed by atoms with Crippen LogP contribution in [-0.4, -0.2) is 35.2 Å². The molecule has 7 heteroatoms. The van der Waals surface area contributed by atoms with Crippen LogP contribution in [0.15, 0.2) is 30.3 Å². The molecule has 2 amide bonds. The molecule has 0 fully saturated rings. The Bertz CT molecular complexity index is 673. The van der Waals surface area contributed by atoms with Crippen LogP contribution in [0, 0.1) is 11.8 Å². The summed E-state index contributed by atoms with van der Waals surface area (Å²) in [4.78, 5) is 36.8. The van der Waals surface area contributed by atoms with Crippen LogP contribution in [-0.2, 0) is 19.9 Å². The number of carbonyl (C=O) groups is 3. The molecule has 3 N–H and O–H groups in total. The molecular formula is C21H32N2O5. The Kier molecular flexibility index (Phi) is 8.47. The second-order valence-electron chi connectivity index (χ2n) is 7.87. The lowest BCUT2D eigenvalue weighted by Gasteiger charge is -2.39. The number of ether oxygens (including phenoxy) is 1. The maximum absolute atomic E-state index is 13.1. The lowest BCUT2D eigenvalue weighted by atomic mass is 9.76. The van der Waals surface area contributed by atoms with Gasteiger partial charge in [0.05, 0.1) is 18.1 Å². The quantitative estimate of drug-likeness (QED) is 0.598. The number of hydrogen-bond donors (Lipinski definition) is 3. The van der Waals surface area contributed by atoms with Gasteiger partial charge in [0.2, 0.25) is 5.91 Å². The molecule has 2 atom stereocenters. The summed E-state index contributed by atoms with van der Waals surface area (Å²) in [5.74, 6) is -1.89. The van der Waals surface area contributed by atoms with Gasteiger partial charge in [-0.25, -0.2) is 4.79 Å². The third-order valence-electron chi connectivity index (χ3n) is 4.62. The third-order valence-corrected chi connectivity index (χ3v) is 4.62. The summed E-state index contributed by atoms with van der Waals surface area (Å²) < 4.78 is 5.08. The summed E-state index contributed by atoms with van der Waals surface area (Å²) in [5, 5.41) is 15.0. The number of hydrogen-bond acceptors (Lipinski definition) is 4. The van der Waals surface area contributed by atoms with Crippen molar-refractivity contribution in [2.75, 3.05) is 0 Å². The van der Waals surface area contributed by atoms with Crippen molar-refractivity contribution in [3.05, 3.63) is 35.9 Å². The van der Waals surface area contributed by atoms with Crippen LogP contribution in [0.5, 0.6) is 0 Å². The molecule has 0 heterocycles. The minimum absolute atomic E-state index is 0.203. The summed E-state index contributed by atoms with van der Waals surface area (Å²) in [7, 11) is 0.